The fourth-order valence-corrected chi connectivity index (χ4v) is 3.14. The van der Waals surface area contributed by atoms with Crippen molar-refractivity contribution in [2.24, 2.45) is 5.92 Å². The fourth-order valence-electron chi connectivity index (χ4n) is 3.14. The largest absolute Gasteiger partial charge is 0.387 e. The first-order chi connectivity index (χ1) is 10.9. The van der Waals surface area contributed by atoms with E-state index < -0.39 is 12.1 Å². The fraction of sp³-hybridized carbons (Fsp3) is 0.556. The first-order valence-electron chi connectivity index (χ1n) is 8.22. The number of aryl methyl sites for hydroxylation is 1. The van der Waals surface area contributed by atoms with E-state index in [2.05, 4.69) is 5.32 Å². The van der Waals surface area contributed by atoms with Crippen LogP contribution in [0.3, 0.4) is 0 Å². The molecule has 0 aromatic heterocycles. The number of carbonyl (C=O) groups excluding carboxylic acids is 2. The van der Waals surface area contributed by atoms with Crippen LogP contribution < -0.4 is 5.32 Å². The second-order valence-electron chi connectivity index (χ2n) is 6.50. The quantitative estimate of drug-likeness (QED) is 0.840. The number of aliphatic hydroxyl groups is 1. The predicted molar refractivity (Wildman–Crippen MR) is 88.7 cm³/mol. The van der Waals surface area contributed by atoms with Gasteiger partial charge in [0.05, 0.1) is 6.10 Å². The molecule has 0 radical (unpaired) electrons. The van der Waals surface area contributed by atoms with Gasteiger partial charge in [-0.05, 0) is 30.4 Å². The summed E-state index contributed by atoms with van der Waals surface area (Å²) in [4.78, 5) is 26.1. The highest BCUT2D eigenvalue weighted by Crippen LogP contribution is 2.20. The molecule has 1 heterocycles. The summed E-state index contributed by atoms with van der Waals surface area (Å²) in [7, 11) is 0. The highest BCUT2D eigenvalue weighted by molar-refractivity contribution is 5.88. The molecule has 2 rings (SSSR count). The Kier molecular flexibility index (Phi) is 5.77. The monoisotopic (exact) mass is 318 g/mol. The van der Waals surface area contributed by atoms with Crippen LogP contribution in [0.1, 0.15) is 43.9 Å². The zero-order valence-corrected chi connectivity index (χ0v) is 14.1. The predicted octanol–water partition coefficient (Wildman–Crippen LogP) is 1.79. The van der Waals surface area contributed by atoms with E-state index in [1.54, 1.807) is 4.90 Å². The first kappa shape index (κ1) is 17.5. The van der Waals surface area contributed by atoms with Gasteiger partial charge < -0.3 is 15.3 Å². The lowest BCUT2D eigenvalue weighted by Crippen LogP contribution is -2.51. The molecule has 0 aliphatic carbocycles. The van der Waals surface area contributed by atoms with Crippen LogP contribution in [-0.4, -0.2) is 41.0 Å². The molecule has 5 heteroatoms. The van der Waals surface area contributed by atoms with E-state index >= 15 is 0 Å². The number of amides is 2. The number of carbonyl (C=O) groups is 2. The van der Waals surface area contributed by atoms with E-state index in [1.807, 2.05) is 45.0 Å². The van der Waals surface area contributed by atoms with Gasteiger partial charge in [-0.3, -0.25) is 9.59 Å². The van der Waals surface area contributed by atoms with E-state index in [4.69, 9.17) is 0 Å². The first-order valence-corrected chi connectivity index (χ1v) is 8.22. The molecular weight excluding hydrogens is 292 g/mol. The second-order valence-corrected chi connectivity index (χ2v) is 6.50. The van der Waals surface area contributed by atoms with Crippen LogP contribution >= 0.6 is 0 Å². The molecule has 0 bridgehead atoms. The van der Waals surface area contributed by atoms with Crippen molar-refractivity contribution in [3.8, 4) is 0 Å². The third-order valence-corrected chi connectivity index (χ3v) is 4.36. The summed E-state index contributed by atoms with van der Waals surface area (Å²) >= 11 is 0. The topological polar surface area (TPSA) is 69.6 Å². The van der Waals surface area contributed by atoms with Crippen LogP contribution in [-0.2, 0) is 9.59 Å². The Balaban J connectivity index is 1.99. The zero-order chi connectivity index (χ0) is 17.0. The Bertz CT molecular complexity index is 571. The number of hydrogen-bond donors (Lipinski definition) is 2. The summed E-state index contributed by atoms with van der Waals surface area (Å²) in [5.74, 6) is -0.117. The van der Waals surface area contributed by atoms with Gasteiger partial charge in [-0.15, -0.1) is 0 Å². The van der Waals surface area contributed by atoms with Crippen LogP contribution in [0.5, 0.6) is 0 Å². The minimum Gasteiger partial charge on any atom is -0.387 e. The maximum Gasteiger partial charge on any atom is 0.243 e. The summed E-state index contributed by atoms with van der Waals surface area (Å²) in [5, 5.41) is 13.1. The molecule has 1 fully saturated rings. The summed E-state index contributed by atoms with van der Waals surface area (Å²) in [6.45, 7) is 6.59. The van der Waals surface area contributed by atoms with E-state index in [0.29, 0.717) is 13.0 Å². The number of likely N-dealkylation sites (tertiary alicyclic amines) is 1. The lowest BCUT2D eigenvalue weighted by molar-refractivity contribution is -0.139. The SMILES string of the molecule is Cc1ccccc1[C@@H](O)CNC(=O)[C@H](C(C)C)N1CCCC1=O. The third kappa shape index (κ3) is 4.10. The van der Waals surface area contributed by atoms with Crippen molar-refractivity contribution in [2.75, 3.05) is 13.1 Å². The summed E-state index contributed by atoms with van der Waals surface area (Å²) in [6.07, 6.45) is 0.575. The van der Waals surface area contributed by atoms with Crippen molar-refractivity contribution in [2.45, 2.75) is 45.8 Å². The molecule has 0 saturated carbocycles. The van der Waals surface area contributed by atoms with Gasteiger partial charge in [0.2, 0.25) is 11.8 Å². The summed E-state index contributed by atoms with van der Waals surface area (Å²) < 4.78 is 0. The van der Waals surface area contributed by atoms with Gasteiger partial charge in [0.25, 0.3) is 0 Å². The van der Waals surface area contributed by atoms with Crippen LogP contribution in [0, 0.1) is 12.8 Å². The molecule has 0 spiro atoms. The lowest BCUT2D eigenvalue weighted by Gasteiger charge is -2.30. The third-order valence-electron chi connectivity index (χ3n) is 4.36. The van der Waals surface area contributed by atoms with Crippen LogP contribution in [0.25, 0.3) is 0 Å². The van der Waals surface area contributed by atoms with Crippen molar-refractivity contribution in [1.29, 1.82) is 0 Å². The average Bonchev–Trinajstić information content (AvgIpc) is 2.91. The maximum absolute atomic E-state index is 12.5. The van der Waals surface area contributed by atoms with Gasteiger partial charge in [-0.25, -0.2) is 0 Å². The smallest absolute Gasteiger partial charge is 0.243 e. The Labute approximate surface area is 137 Å². The standard InChI is InChI=1S/C18H26N2O3/c1-12(2)17(20-10-6-9-16(20)22)18(23)19-11-15(21)14-8-5-4-7-13(14)3/h4-5,7-8,12,15,17,21H,6,9-11H2,1-3H3,(H,19,23)/t15-,17-/m0/s1. The second kappa shape index (κ2) is 7.59. The normalized spacial score (nSPS) is 17.4. The Morgan fingerprint density at radius 3 is 2.61 bits per heavy atom. The number of rotatable bonds is 6. The van der Waals surface area contributed by atoms with Crippen molar-refractivity contribution < 1.29 is 14.7 Å². The summed E-state index contributed by atoms with van der Waals surface area (Å²) in [6, 6.07) is 7.11. The number of nitrogens with one attached hydrogen (secondary N) is 1. The van der Waals surface area contributed by atoms with Gasteiger partial charge in [0, 0.05) is 19.5 Å². The molecule has 2 N–H and O–H groups in total. The van der Waals surface area contributed by atoms with Gasteiger partial charge in [0.15, 0.2) is 0 Å². The van der Waals surface area contributed by atoms with Crippen molar-refractivity contribution in [1.82, 2.24) is 10.2 Å². The average molecular weight is 318 g/mol. The Hall–Kier alpha value is -1.88. The number of benzene rings is 1. The molecule has 2 atom stereocenters. The van der Waals surface area contributed by atoms with Crippen LogP contribution in [0.2, 0.25) is 0 Å². The minimum atomic E-state index is -0.748. The van der Waals surface area contributed by atoms with E-state index in [1.165, 1.54) is 0 Å². The molecule has 126 valence electrons. The lowest BCUT2D eigenvalue weighted by atomic mass is 10.0. The molecule has 2 amide bonds. The number of nitrogens with zero attached hydrogens (tertiary/aromatic N) is 1. The van der Waals surface area contributed by atoms with Gasteiger partial charge in [-0.2, -0.15) is 0 Å². The molecule has 1 aromatic carbocycles. The highest BCUT2D eigenvalue weighted by Gasteiger charge is 2.34. The van der Waals surface area contributed by atoms with E-state index in [9.17, 15) is 14.7 Å². The molecule has 23 heavy (non-hydrogen) atoms. The molecule has 1 aliphatic heterocycles. The Morgan fingerprint density at radius 1 is 1.35 bits per heavy atom. The summed E-state index contributed by atoms with van der Waals surface area (Å²) in [5.41, 5.74) is 1.80. The van der Waals surface area contributed by atoms with Gasteiger partial charge >= 0.3 is 0 Å². The van der Waals surface area contributed by atoms with E-state index in [-0.39, 0.29) is 24.3 Å². The zero-order valence-electron chi connectivity index (χ0n) is 14.1. The van der Waals surface area contributed by atoms with Crippen molar-refractivity contribution in [3.63, 3.8) is 0 Å². The molecular formula is C18H26N2O3. The molecule has 1 saturated heterocycles. The van der Waals surface area contributed by atoms with Crippen LogP contribution in [0.15, 0.2) is 24.3 Å². The van der Waals surface area contributed by atoms with Gasteiger partial charge in [0.1, 0.15) is 6.04 Å². The molecule has 1 aliphatic rings. The molecule has 5 nitrogen and oxygen atoms in total. The minimum absolute atomic E-state index is 0.0349. The molecule has 1 aromatic rings. The van der Waals surface area contributed by atoms with Crippen LogP contribution in [0.4, 0.5) is 0 Å². The van der Waals surface area contributed by atoms with Gasteiger partial charge in [-0.1, -0.05) is 38.1 Å². The highest BCUT2D eigenvalue weighted by atomic mass is 16.3. The number of hydrogen-bond acceptors (Lipinski definition) is 3. The Morgan fingerprint density at radius 2 is 2.04 bits per heavy atom. The van der Waals surface area contributed by atoms with Crippen molar-refractivity contribution in [3.05, 3.63) is 35.4 Å². The van der Waals surface area contributed by atoms with E-state index in [0.717, 1.165) is 17.5 Å². The molecule has 0 unspecified atom stereocenters. The maximum atomic E-state index is 12.5. The van der Waals surface area contributed by atoms with Crippen molar-refractivity contribution >= 4 is 11.8 Å². The number of aliphatic hydroxyl groups excluding tert-OH is 1.